The molecule has 2 atom stereocenters. The van der Waals surface area contributed by atoms with Gasteiger partial charge in [-0.25, -0.2) is 5.01 Å². The number of benzene rings is 3. The molecule has 140 valence electrons. The molecule has 0 N–H and O–H groups in total. The van der Waals surface area contributed by atoms with Crippen LogP contribution in [0.3, 0.4) is 0 Å². The molecule has 3 nitrogen and oxygen atoms in total. The van der Waals surface area contributed by atoms with Gasteiger partial charge in [-0.1, -0.05) is 83.3 Å². The van der Waals surface area contributed by atoms with Gasteiger partial charge < -0.3 is 4.74 Å². The number of halogens is 3. The molecule has 28 heavy (non-hydrogen) atoms. The Morgan fingerprint density at radius 2 is 1.61 bits per heavy atom. The first kappa shape index (κ1) is 17.9. The maximum atomic E-state index is 6.49. The predicted molar refractivity (Wildman–Crippen MR) is 113 cm³/mol. The van der Waals surface area contributed by atoms with Crippen molar-refractivity contribution in [2.45, 2.75) is 18.7 Å². The molecule has 3 aromatic carbocycles. The van der Waals surface area contributed by atoms with Crippen LogP contribution >= 0.6 is 34.8 Å². The Kier molecular flexibility index (Phi) is 4.47. The summed E-state index contributed by atoms with van der Waals surface area (Å²) in [5, 5.41) is 8.59. The first-order valence-corrected chi connectivity index (χ1v) is 10.1. The lowest BCUT2D eigenvalue weighted by atomic mass is 9.96. The van der Waals surface area contributed by atoms with E-state index >= 15 is 0 Å². The van der Waals surface area contributed by atoms with E-state index in [1.807, 2.05) is 53.5 Å². The summed E-state index contributed by atoms with van der Waals surface area (Å²) in [4.78, 5) is 0. The molecule has 0 saturated carbocycles. The van der Waals surface area contributed by atoms with Gasteiger partial charge in [0.1, 0.15) is 5.75 Å². The fourth-order valence-electron chi connectivity index (χ4n) is 3.80. The molecule has 0 saturated heterocycles. The highest BCUT2D eigenvalue weighted by Crippen LogP contribution is 2.51. The van der Waals surface area contributed by atoms with Crippen molar-refractivity contribution in [2.75, 3.05) is 0 Å². The van der Waals surface area contributed by atoms with Crippen LogP contribution in [0.5, 0.6) is 5.75 Å². The third-order valence-electron chi connectivity index (χ3n) is 5.09. The molecule has 6 heteroatoms. The van der Waals surface area contributed by atoms with E-state index in [-0.39, 0.29) is 6.04 Å². The van der Waals surface area contributed by atoms with E-state index in [2.05, 4.69) is 12.1 Å². The highest BCUT2D eigenvalue weighted by atomic mass is 35.5. The zero-order valence-electron chi connectivity index (χ0n) is 14.6. The average molecular weight is 430 g/mol. The van der Waals surface area contributed by atoms with Crippen molar-refractivity contribution in [1.82, 2.24) is 5.01 Å². The molecule has 0 aromatic heterocycles. The second-order valence-corrected chi connectivity index (χ2v) is 8.06. The summed E-state index contributed by atoms with van der Waals surface area (Å²) in [5.41, 5.74) is 3.87. The lowest BCUT2D eigenvalue weighted by Gasteiger charge is -2.38. The Morgan fingerprint density at radius 1 is 0.857 bits per heavy atom. The fourth-order valence-corrected chi connectivity index (χ4v) is 4.58. The molecule has 0 amide bonds. The number of rotatable bonds is 2. The van der Waals surface area contributed by atoms with Crippen LogP contribution in [0.1, 0.15) is 35.4 Å². The van der Waals surface area contributed by atoms with Gasteiger partial charge in [-0.3, -0.25) is 0 Å². The average Bonchev–Trinajstić information content (AvgIpc) is 3.15. The van der Waals surface area contributed by atoms with Crippen molar-refractivity contribution in [3.05, 3.63) is 98.5 Å². The molecule has 5 rings (SSSR count). The lowest BCUT2D eigenvalue weighted by Crippen LogP contribution is -2.34. The first-order chi connectivity index (χ1) is 13.6. The van der Waals surface area contributed by atoms with Gasteiger partial charge in [0.2, 0.25) is 6.23 Å². The van der Waals surface area contributed by atoms with E-state index in [4.69, 9.17) is 44.6 Å². The van der Waals surface area contributed by atoms with Crippen molar-refractivity contribution >= 4 is 40.5 Å². The molecule has 0 unspecified atom stereocenters. The molecular formula is C22H15Cl3N2O. The van der Waals surface area contributed by atoms with E-state index in [0.29, 0.717) is 20.8 Å². The SMILES string of the molecule is Clc1cc(Cl)c2c(c1)[C@@H]1CC(c3ccccc3)=NN1[C@@H](c1ccccc1Cl)O2. The second kappa shape index (κ2) is 7.00. The van der Waals surface area contributed by atoms with Gasteiger partial charge in [0, 0.05) is 27.6 Å². The Morgan fingerprint density at radius 3 is 2.39 bits per heavy atom. The normalized spacial score (nSPS) is 20.2. The smallest absolute Gasteiger partial charge is 0.215 e. The quantitative estimate of drug-likeness (QED) is 0.443. The molecule has 0 radical (unpaired) electrons. The summed E-state index contributed by atoms with van der Waals surface area (Å²) in [7, 11) is 0. The Labute approximate surface area is 178 Å². The summed E-state index contributed by atoms with van der Waals surface area (Å²) in [6.07, 6.45) is 0.268. The summed E-state index contributed by atoms with van der Waals surface area (Å²) in [6.45, 7) is 0. The van der Waals surface area contributed by atoms with Crippen LogP contribution in [0, 0.1) is 0 Å². The van der Waals surface area contributed by atoms with Gasteiger partial charge in [0.05, 0.1) is 16.8 Å². The van der Waals surface area contributed by atoms with Crippen LogP contribution in [-0.4, -0.2) is 10.7 Å². The first-order valence-electron chi connectivity index (χ1n) is 8.93. The molecule has 0 fully saturated rings. The van der Waals surface area contributed by atoms with E-state index in [0.717, 1.165) is 28.8 Å². The molecule has 0 aliphatic carbocycles. The number of hydrazone groups is 1. The van der Waals surface area contributed by atoms with E-state index < -0.39 is 6.23 Å². The molecule has 0 bridgehead atoms. The van der Waals surface area contributed by atoms with Crippen molar-refractivity contribution in [3.63, 3.8) is 0 Å². The maximum absolute atomic E-state index is 6.49. The number of ether oxygens (including phenoxy) is 1. The van der Waals surface area contributed by atoms with Crippen LogP contribution in [0.4, 0.5) is 0 Å². The molecule has 2 heterocycles. The van der Waals surface area contributed by atoms with Gasteiger partial charge in [0.15, 0.2) is 0 Å². The minimum atomic E-state index is -0.467. The largest absolute Gasteiger partial charge is 0.463 e. The van der Waals surface area contributed by atoms with Crippen LogP contribution < -0.4 is 4.74 Å². The van der Waals surface area contributed by atoms with Crippen LogP contribution in [-0.2, 0) is 0 Å². The Bertz CT molecular complexity index is 1080. The summed E-state index contributed by atoms with van der Waals surface area (Å²) < 4.78 is 6.33. The van der Waals surface area contributed by atoms with E-state index in [1.165, 1.54) is 0 Å². The highest BCUT2D eigenvalue weighted by Gasteiger charge is 2.42. The Balaban J connectivity index is 1.66. The Hall–Kier alpha value is -2.20. The predicted octanol–water partition coefficient (Wildman–Crippen LogP) is 6.89. The fraction of sp³-hybridized carbons (Fsp3) is 0.136. The third kappa shape index (κ3) is 2.95. The monoisotopic (exact) mass is 428 g/mol. The van der Waals surface area contributed by atoms with E-state index in [9.17, 15) is 0 Å². The second-order valence-electron chi connectivity index (χ2n) is 6.81. The van der Waals surface area contributed by atoms with Crippen LogP contribution in [0.15, 0.2) is 71.8 Å². The molecule has 3 aromatic rings. The standard InChI is InChI=1S/C22H15Cl3N2O/c23-14-10-16-20-12-19(13-6-2-1-3-7-13)26-27(20)22(28-21(16)18(25)11-14)15-8-4-5-9-17(15)24/h1-11,20,22H,12H2/t20-,22+/m0/s1. The van der Waals surface area contributed by atoms with Gasteiger partial charge in [-0.05, 0) is 23.8 Å². The summed E-state index contributed by atoms with van der Waals surface area (Å²) >= 11 is 19.3. The summed E-state index contributed by atoms with van der Waals surface area (Å²) in [5.74, 6) is 0.641. The van der Waals surface area contributed by atoms with Crippen molar-refractivity contribution in [2.24, 2.45) is 5.10 Å². The van der Waals surface area contributed by atoms with Gasteiger partial charge >= 0.3 is 0 Å². The number of nitrogens with zero attached hydrogens (tertiary/aromatic N) is 2. The van der Waals surface area contributed by atoms with Crippen LogP contribution in [0.2, 0.25) is 15.1 Å². The molecule has 2 aliphatic rings. The maximum Gasteiger partial charge on any atom is 0.215 e. The molecule has 0 spiro atoms. The van der Waals surface area contributed by atoms with Crippen molar-refractivity contribution < 1.29 is 4.74 Å². The number of hydrogen-bond acceptors (Lipinski definition) is 3. The number of hydrogen-bond donors (Lipinski definition) is 0. The highest BCUT2D eigenvalue weighted by molar-refractivity contribution is 6.35. The zero-order valence-corrected chi connectivity index (χ0v) is 16.9. The minimum Gasteiger partial charge on any atom is -0.463 e. The van der Waals surface area contributed by atoms with Gasteiger partial charge in [-0.15, -0.1) is 0 Å². The van der Waals surface area contributed by atoms with Gasteiger partial charge in [-0.2, -0.15) is 5.10 Å². The van der Waals surface area contributed by atoms with Crippen molar-refractivity contribution in [3.8, 4) is 5.75 Å². The van der Waals surface area contributed by atoms with Gasteiger partial charge in [0.25, 0.3) is 0 Å². The zero-order chi connectivity index (χ0) is 19.3. The van der Waals surface area contributed by atoms with Crippen molar-refractivity contribution in [1.29, 1.82) is 0 Å². The lowest BCUT2D eigenvalue weighted by molar-refractivity contribution is -0.0188. The summed E-state index contributed by atoms with van der Waals surface area (Å²) in [6, 6.07) is 21.4. The molecule has 2 aliphatic heterocycles. The topological polar surface area (TPSA) is 24.8 Å². The molecular weight excluding hydrogens is 415 g/mol. The van der Waals surface area contributed by atoms with E-state index in [1.54, 1.807) is 6.07 Å². The third-order valence-corrected chi connectivity index (χ3v) is 5.93. The van der Waals surface area contributed by atoms with Crippen LogP contribution in [0.25, 0.3) is 0 Å². The minimum absolute atomic E-state index is 0.0311. The number of fused-ring (bicyclic) bond motifs is 3.